The minimum atomic E-state index is 0. The third kappa shape index (κ3) is 13.0. The summed E-state index contributed by atoms with van der Waals surface area (Å²) < 4.78 is 0.998. The molecule has 0 aromatic heterocycles. The molecule has 0 atom stereocenters. The van der Waals surface area contributed by atoms with Gasteiger partial charge in [-0.3, -0.25) is 0 Å². The molecule has 2 heteroatoms. The Hall–Kier alpha value is -0.340. The Morgan fingerprint density at radius 1 is 0.625 bits per heavy atom. The third-order valence-corrected chi connectivity index (χ3v) is 4.50. The highest BCUT2D eigenvalue weighted by molar-refractivity contribution is 5.22. The highest BCUT2D eigenvalue weighted by atomic mass is 79.9. The smallest absolute Gasteiger partial charge is 0.104 e. The number of unbranched alkanes of at least 4 members (excludes halogenated alkanes) is 9. The predicted octanol–water partition coefficient (Wildman–Crippen LogP) is 3.36. The fourth-order valence-electron chi connectivity index (χ4n) is 3.18. The number of benzene rings is 1. The van der Waals surface area contributed by atoms with Crippen molar-refractivity contribution in [3.63, 3.8) is 0 Å². The van der Waals surface area contributed by atoms with Gasteiger partial charge < -0.3 is 21.5 Å². The first kappa shape index (κ1) is 23.7. The molecule has 0 saturated carbocycles. The lowest BCUT2D eigenvalue weighted by atomic mass is 10.0. The number of hydrogen-bond acceptors (Lipinski definition) is 0. The largest absolute Gasteiger partial charge is 1.00 e. The number of halogens is 1. The second-order valence-electron chi connectivity index (χ2n) is 8.20. The molecule has 0 fully saturated rings. The molecular formula is C22H40BrN. The number of quaternary nitrogens is 1. The van der Waals surface area contributed by atoms with Gasteiger partial charge in [-0.1, -0.05) is 89.0 Å². The molecule has 0 amide bonds. The number of nitrogens with zero attached hydrogens (tertiary/aromatic N) is 1. The van der Waals surface area contributed by atoms with E-state index in [1.165, 1.54) is 81.8 Å². The van der Waals surface area contributed by atoms with Crippen LogP contribution in [-0.4, -0.2) is 25.6 Å². The number of rotatable bonds is 13. The van der Waals surface area contributed by atoms with Crippen molar-refractivity contribution < 1.29 is 21.5 Å². The maximum atomic E-state index is 2.33. The van der Waals surface area contributed by atoms with Gasteiger partial charge in [0.1, 0.15) is 6.54 Å². The highest BCUT2D eigenvalue weighted by Crippen LogP contribution is 2.14. The van der Waals surface area contributed by atoms with Crippen LogP contribution in [0, 0.1) is 0 Å². The van der Waals surface area contributed by atoms with Crippen LogP contribution in [0.1, 0.15) is 82.3 Å². The summed E-state index contributed by atoms with van der Waals surface area (Å²) in [6, 6.07) is 9.29. The molecule has 0 bridgehead atoms. The second kappa shape index (κ2) is 13.9. The summed E-state index contributed by atoms with van der Waals surface area (Å²) in [7, 11) is 6.74. The van der Waals surface area contributed by atoms with Gasteiger partial charge in [0.25, 0.3) is 0 Å². The first-order valence-electron chi connectivity index (χ1n) is 9.89. The molecule has 1 aromatic carbocycles. The van der Waals surface area contributed by atoms with Crippen molar-refractivity contribution in [2.24, 2.45) is 0 Å². The summed E-state index contributed by atoms with van der Waals surface area (Å²) >= 11 is 0. The molecule has 1 aromatic rings. The normalized spacial score (nSPS) is 11.3. The topological polar surface area (TPSA) is 0 Å². The van der Waals surface area contributed by atoms with E-state index in [-0.39, 0.29) is 17.0 Å². The van der Waals surface area contributed by atoms with Gasteiger partial charge in [0, 0.05) is 5.56 Å². The monoisotopic (exact) mass is 397 g/mol. The molecule has 0 aliphatic carbocycles. The second-order valence-corrected chi connectivity index (χ2v) is 8.20. The SMILES string of the molecule is CCCCCCCCCCCCc1ccc(C[N+](C)(C)C)cc1.[Br-]. The maximum absolute atomic E-state index is 2.33. The predicted molar refractivity (Wildman–Crippen MR) is 104 cm³/mol. The lowest BCUT2D eigenvalue weighted by molar-refractivity contribution is -0.884. The number of hydrogen-bond donors (Lipinski definition) is 0. The highest BCUT2D eigenvalue weighted by Gasteiger charge is 2.07. The van der Waals surface area contributed by atoms with Crippen molar-refractivity contribution in [3.8, 4) is 0 Å². The van der Waals surface area contributed by atoms with E-state index in [9.17, 15) is 0 Å². The van der Waals surface area contributed by atoms with Gasteiger partial charge in [-0.2, -0.15) is 0 Å². The van der Waals surface area contributed by atoms with Crippen LogP contribution in [-0.2, 0) is 13.0 Å². The molecule has 24 heavy (non-hydrogen) atoms. The zero-order valence-corrected chi connectivity index (χ0v) is 18.2. The summed E-state index contributed by atoms with van der Waals surface area (Å²) in [6.07, 6.45) is 15.4. The van der Waals surface area contributed by atoms with Crippen molar-refractivity contribution >= 4 is 0 Å². The first-order valence-corrected chi connectivity index (χ1v) is 9.89. The van der Waals surface area contributed by atoms with Crippen LogP contribution in [0.3, 0.4) is 0 Å². The molecule has 0 aliphatic heterocycles. The van der Waals surface area contributed by atoms with E-state index in [0.717, 1.165) is 11.0 Å². The van der Waals surface area contributed by atoms with Crippen LogP contribution in [0.2, 0.25) is 0 Å². The van der Waals surface area contributed by atoms with Crippen molar-refractivity contribution in [2.75, 3.05) is 21.1 Å². The van der Waals surface area contributed by atoms with Crippen molar-refractivity contribution in [3.05, 3.63) is 35.4 Å². The summed E-state index contributed by atoms with van der Waals surface area (Å²) in [5, 5.41) is 0. The van der Waals surface area contributed by atoms with Crippen LogP contribution >= 0.6 is 0 Å². The Morgan fingerprint density at radius 3 is 1.50 bits per heavy atom. The molecule has 0 N–H and O–H groups in total. The molecule has 0 radical (unpaired) electrons. The maximum Gasteiger partial charge on any atom is 0.104 e. The fourth-order valence-corrected chi connectivity index (χ4v) is 3.18. The molecule has 1 rings (SSSR count). The standard InChI is InChI=1S/C22H40N.BrH/c1-5-6-7-8-9-10-11-12-13-14-15-21-16-18-22(19-17-21)20-23(2,3)4;/h16-19H,5-15,20H2,1-4H3;1H/q+1;/p-1. The van der Waals surface area contributed by atoms with E-state index in [4.69, 9.17) is 0 Å². The van der Waals surface area contributed by atoms with Crippen LogP contribution in [0.5, 0.6) is 0 Å². The lowest BCUT2D eigenvalue weighted by Gasteiger charge is -2.23. The molecule has 0 unspecified atom stereocenters. The van der Waals surface area contributed by atoms with E-state index in [2.05, 4.69) is 52.3 Å². The summed E-state index contributed by atoms with van der Waals surface area (Å²) in [5.41, 5.74) is 2.96. The average molecular weight is 398 g/mol. The van der Waals surface area contributed by atoms with Gasteiger partial charge in [-0.05, 0) is 18.4 Å². The molecule has 0 spiro atoms. The molecule has 0 heterocycles. The van der Waals surface area contributed by atoms with Gasteiger partial charge >= 0.3 is 0 Å². The number of aryl methyl sites for hydroxylation is 1. The van der Waals surface area contributed by atoms with E-state index in [0.29, 0.717) is 0 Å². The Kier molecular flexibility index (Phi) is 13.7. The van der Waals surface area contributed by atoms with E-state index in [1.807, 2.05) is 0 Å². The van der Waals surface area contributed by atoms with E-state index in [1.54, 1.807) is 0 Å². The van der Waals surface area contributed by atoms with Gasteiger partial charge in [0.2, 0.25) is 0 Å². The van der Waals surface area contributed by atoms with Gasteiger partial charge in [0.15, 0.2) is 0 Å². The summed E-state index contributed by atoms with van der Waals surface area (Å²) in [5.74, 6) is 0. The first-order chi connectivity index (χ1) is 11.0. The van der Waals surface area contributed by atoms with Crippen LogP contribution < -0.4 is 17.0 Å². The molecule has 1 nitrogen and oxygen atoms in total. The Bertz CT molecular complexity index is 391. The van der Waals surface area contributed by atoms with E-state index < -0.39 is 0 Å². The third-order valence-electron chi connectivity index (χ3n) is 4.50. The zero-order valence-electron chi connectivity index (χ0n) is 16.6. The summed E-state index contributed by atoms with van der Waals surface area (Å²) in [4.78, 5) is 0. The average Bonchev–Trinajstić information content (AvgIpc) is 2.49. The minimum Gasteiger partial charge on any atom is -1.00 e. The fraction of sp³-hybridized carbons (Fsp3) is 0.727. The van der Waals surface area contributed by atoms with Gasteiger partial charge in [-0.15, -0.1) is 0 Å². The van der Waals surface area contributed by atoms with Crippen LogP contribution in [0.4, 0.5) is 0 Å². The van der Waals surface area contributed by atoms with Crippen LogP contribution in [0.15, 0.2) is 24.3 Å². The molecular weight excluding hydrogens is 358 g/mol. The van der Waals surface area contributed by atoms with Gasteiger partial charge in [0.05, 0.1) is 21.1 Å². The summed E-state index contributed by atoms with van der Waals surface area (Å²) in [6.45, 7) is 3.40. The Labute approximate surface area is 162 Å². The van der Waals surface area contributed by atoms with Crippen molar-refractivity contribution in [1.29, 1.82) is 0 Å². The molecule has 140 valence electrons. The van der Waals surface area contributed by atoms with Crippen molar-refractivity contribution in [1.82, 2.24) is 0 Å². The lowest BCUT2D eigenvalue weighted by Crippen LogP contribution is -3.00. The van der Waals surface area contributed by atoms with Crippen LogP contribution in [0.25, 0.3) is 0 Å². The Morgan fingerprint density at radius 2 is 1.04 bits per heavy atom. The minimum absolute atomic E-state index is 0. The zero-order chi connectivity index (χ0) is 17.0. The molecule has 0 saturated heterocycles. The Balaban J connectivity index is 0.00000529. The van der Waals surface area contributed by atoms with E-state index >= 15 is 0 Å². The quantitative estimate of drug-likeness (QED) is 0.353. The van der Waals surface area contributed by atoms with Crippen molar-refractivity contribution in [2.45, 2.75) is 84.1 Å². The molecule has 0 aliphatic rings. The van der Waals surface area contributed by atoms with Gasteiger partial charge in [-0.25, -0.2) is 0 Å².